The van der Waals surface area contributed by atoms with Crippen LogP contribution in [0.4, 0.5) is 22.0 Å². The summed E-state index contributed by atoms with van der Waals surface area (Å²) >= 11 is 0. The molecule has 0 aliphatic carbocycles. The van der Waals surface area contributed by atoms with Crippen LogP contribution in [0.3, 0.4) is 0 Å². The Morgan fingerprint density at radius 1 is 0.667 bits per heavy atom. The van der Waals surface area contributed by atoms with Gasteiger partial charge in [-0.15, -0.1) is 6.07 Å². The Balaban J connectivity index is 0.000000352. The Kier molecular flexibility index (Phi) is 8.48. The van der Waals surface area contributed by atoms with Crippen molar-refractivity contribution in [3.8, 4) is 0 Å². The quantitative estimate of drug-likeness (QED) is 0.266. The number of halogens is 5. The van der Waals surface area contributed by atoms with E-state index in [1.165, 1.54) is 0 Å². The average Bonchev–Trinajstić information content (AvgIpc) is 2.37. The summed E-state index contributed by atoms with van der Waals surface area (Å²) < 4.78 is 59.9. The Morgan fingerprint density at radius 3 is 1.39 bits per heavy atom. The number of benzene rings is 2. The molecule has 0 aliphatic heterocycles. The molecule has 2 rings (SSSR count). The maximum atomic E-state index is 12.0. The minimum atomic E-state index is -2.17. The molecule has 0 atom stereocenters. The molecule has 0 heterocycles. The SMILES string of the molecule is Fc1[c-]c(F)c(F)c(F)c1F.[Yb+2].[c-]1ccccc1. The second-order valence-electron chi connectivity index (χ2n) is 2.77. The topological polar surface area (TPSA) is 0 Å². The molecule has 0 bridgehead atoms. The summed E-state index contributed by atoms with van der Waals surface area (Å²) in [5.74, 6) is -10.0. The third-order valence-electron chi connectivity index (χ3n) is 1.60. The van der Waals surface area contributed by atoms with Gasteiger partial charge in [0, 0.05) is 0 Å². The van der Waals surface area contributed by atoms with Crippen LogP contribution in [0.2, 0.25) is 0 Å². The first kappa shape index (κ1) is 17.6. The van der Waals surface area contributed by atoms with Crippen LogP contribution < -0.4 is 0 Å². The van der Waals surface area contributed by atoms with E-state index in [0.717, 1.165) is 6.07 Å². The minimum Gasteiger partial charge on any atom is -0.278 e. The molecule has 0 aromatic heterocycles. The fourth-order valence-electron chi connectivity index (χ4n) is 0.837. The summed E-state index contributed by atoms with van der Waals surface area (Å²) in [6.45, 7) is 0. The molecule has 0 amide bonds. The number of hydrogen-bond acceptors (Lipinski definition) is 0. The van der Waals surface area contributed by atoms with E-state index in [9.17, 15) is 22.0 Å². The second-order valence-corrected chi connectivity index (χ2v) is 2.77. The van der Waals surface area contributed by atoms with E-state index < -0.39 is 29.1 Å². The standard InChI is InChI=1S/C6F5.C6H5.Yb/c7-2-1-3(8)5(10)6(11)4(2)9;1-2-4-6-5-3-1;/h;1-5H;/q2*-1;+2. The third-order valence-corrected chi connectivity index (χ3v) is 1.60. The van der Waals surface area contributed by atoms with Gasteiger partial charge < -0.3 is 0 Å². The van der Waals surface area contributed by atoms with Gasteiger partial charge in [-0.05, 0) is 0 Å². The van der Waals surface area contributed by atoms with Crippen molar-refractivity contribution in [3.63, 3.8) is 0 Å². The van der Waals surface area contributed by atoms with Crippen molar-refractivity contribution in [1.29, 1.82) is 0 Å². The van der Waals surface area contributed by atoms with E-state index in [1.807, 2.05) is 30.3 Å². The molecule has 0 unspecified atom stereocenters. The van der Waals surface area contributed by atoms with Crippen molar-refractivity contribution in [3.05, 3.63) is 71.6 Å². The van der Waals surface area contributed by atoms with E-state index in [2.05, 4.69) is 6.07 Å². The first-order valence-corrected chi connectivity index (χ1v) is 4.36. The summed E-state index contributed by atoms with van der Waals surface area (Å²) in [6, 6.07) is 13.5. The largest absolute Gasteiger partial charge is 2.00 e. The fraction of sp³-hybridized carbons (Fsp3) is 0. The molecule has 0 saturated heterocycles. The van der Waals surface area contributed by atoms with Gasteiger partial charge in [-0.1, -0.05) is 0 Å². The summed E-state index contributed by atoms with van der Waals surface area (Å²) in [5.41, 5.74) is 0. The molecule has 102 valence electrons. The molecule has 0 spiro atoms. The van der Waals surface area contributed by atoms with Gasteiger partial charge in [0.1, 0.15) is 0 Å². The molecular weight excluding hydrogens is 412 g/mol. The van der Waals surface area contributed by atoms with Gasteiger partial charge in [0.25, 0.3) is 0 Å². The second kappa shape index (κ2) is 8.67. The zero-order valence-electron chi connectivity index (χ0n) is 8.54. The van der Waals surface area contributed by atoms with Crippen LogP contribution in [0.5, 0.6) is 0 Å². The Labute approximate surface area is 139 Å². The van der Waals surface area contributed by atoms with Crippen molar-refractivity contribution in [2.75, 3.05) is 0 Å². The summed E-state index contributed by atoms with van der Waals surface area (Å²) in [4.78, 5) is 0. The van der Waals surface area contributed by atoms with Gasteiger partial charge in [-0.25, -0.2) is 13.2 Å². The molecule has 0 fully saturated rings. The van der Waals surface area contributed by atoms with Crippen molar-refractivity contribution in [2.45, 2.75) is 0 Å². The number of rotatable bonds is 0. The van der Waals surface area contributed by atoms with Crippen LogP contribution in [-0.4, -0.2) is 0 Å². The van der Waals surface area contributed by atoms with Crippen LogP contribution in [0, 0.1) is 88.1 Å². The van der Waals surface area contributed by atoms with E-state index >= 15 is 0 Å². The monoisotopic (exact) mass is 418 g/mol. The van der Waals surface area contributed by atoms with Gasteiger partial charge in [-0.2, -0.15) is 36.4 Å². The minimum absolute atomic E-state index is 0. The molecular formula is C12H5F5Yb. The van der Waals surface area contributed by atoms with Gasteiger partial charge in [0.15, 0.2) is 0 Å². The normalized spacial score (nSPS) is 8.94. The molecule has 0 nitrogen and oxygen atoms in total. The zero-order chi connectivity index (χ0) is 12.8. The van der Waals surface area contributed by atoms with Gasteiger partial charge >= 0.3 is 46.9 Å². The van der Waals surface area contributed by atoms with E-state index in [0.29, 0.717) is 0 Å². The van der Waals surface area contributed by atoms with E-state index in [-0.39, 0.29) is 46.9 Å². The Morgan fingerprint density at radius 2 is 1.11 bits per heavy atom. The van der Waals surface area contributed by atoms with Crippen molar-refractivity contribution >= 4 is 0 Å². The first-order valence-electron chi connectivity index (χ1n) is 4.36. The molecule has 2 aromatic carbocycles. The van der Waals surface area contributed by atoms with Crippen LogP contribution in [-0.2, 0) is 0 Å². The molecule has 0 N–H and O–H groups in total. The van der Waals surface area contributed by atoms with Crippen LogP contribution in [0.15, 0.2) is 30.3 Å². The fourth-order valence-corrected chi connectivity index (χ4v) is 0.837. The smallest absolute Gasteiger partial charge is 0.278 e. The first-order chi connectivity index (χ1) is 8.04. The molecule has 6 heteroatoms. The summed E-state index contributed by atoms with van der Waals surface area (Å²) in [5, 5.41) is 0. The number of hydrogen-bond donors (Lipinski definition) is 0. The van der Waals surface area contributed by atoms with E-state index in [1.54, 1.807) is 0 Å². The average molecular weight is 417 g/mol. The molecule has 0 saturated carbocycles. The summed E-state index contributed by atoms with van der Waals surface area (Å²) in [6.07, 6.45) is 0. The van der Waals surface area contributed by atoms with Crippen molar-refractivity contribution in [1.82, 2.24) is 0 Å². The maximum Gasteiger partial charge on any atom is 2.00 e. The van der Waals surface area contributed by atoms with Gasteiger partial charge in [0.2, 0.25) is 0 Å². The zero-order valence-corrected chi connectivity index (χ0v) is 10.3. The van der Waals surface area contributed by atoms with Gasteiger partial charge in [-0.3, -0.25) is 8.78 Å². The molecule has 2 aromatic rings. The third kappa shape index (κ3) is 5.08. The molecule has 0 aliphatic rings. The van der Waals surface area contributed by atoms with Crippen LogP contribution in [0.1, 0.15) is 0 Å². The Bertz CT molecular complexity index is 435. The molecule has 0 radical (unpaired) electrons. The maximum absolute atomic E-state index is 12.0. The predicted molar refractivity (Wildman–Crippen MR) is 50.3 cm³/mol. The predicted octanol–water partition coefficient (Wildman–Crippen LogP) is 3.67. The molecule has 18 heavy (non-hydrogen) atoms. The van der Waals surface area contributed by atoms with Crippen LogP contribution in [0.25, 0.3) is 0 Å². The van der Waals surface area contributed by atoms with Crippen molar-refractivity contribution in [2.24, 2.45) is 0 Å². The van der Waals surface area contributed by atoms with Crippen molar-refractivity contribution < 1.29 is 68.9 Å². The Hall–Kier alpha value is -0.391. The van der Waals surface area contributed by atoms with E-state index in [4.69, 9.17) is 0 Å². The van der Waals surface area contributed by atoms with Crippen LogP contribution >= 0.6 is 0 Å². The van der Waals surface area contributed by atoms with Gasteiger partial charge in [0.05, 0.1) is 29.1 Å². The summed E-state index contributed by atoms with van der Waals surface area (Å²) in [7, 11) is 0.